The van der Waals surface area contributed by atoms with Crippen molar-refractivity contribution in [3.05, 3.63) is 36.3 Å². The van der Waals surface area contributed by atoms with Crippen molar-refractivity contribution in [3.63, 3.8) is 0 Å². The molecule has 2 aromatic heterocycles. The predicted octanol–water partition coefficient (Wildman–Crippen LogP) is 1.16. The van der Waals surface area contributed by atoms with Crippen molar-refractivity contribution in [2.45, 2.75) is 12.8 Å². The molecule has 0 spiro atoms. The topological polar surface area (TPSA) is 112 Å². The number of ether oxygens (including phenoxy) is 1. The number of hydrogen-bond donors (Lipinski definition) is 1. The molecule has 0 bridgehead atoms. The lowest BCUT2D eigenvalue weighted by atomic mass is 10.0. The fourth-order valence-electron chi connectivity index (χ4n) is 3.22. The number of benzene rings is 1. The molecule has 1 fully saturated rings. The lowest BCUT2D eigenvalue weighted by molar-refractivity contribution is 0.216. The van der Waals surface area contributed by atoms with E-state index in [-0.39, 0.29) is 6.03 Å². The number of nitrogens with zero attached hydrogens (tertiary/aromatic N) is 6. The van der Waals surface area contributed by atoms with Gasteiger partial charge in [-0.2, -0.15) is 4.68 Å². The van der Waals surface area contributed by atoms with Crippen LogP contribution in [0.2, 0.25) is 0 Å². The van der Waals surface area contributed by atoms with Crippen LogP contribution >= 0.6 is 0 Å². The standard InChI is InChI=1S/C17H19N7O2/c1-26-13-4-2-12(3-5-13)24-16-14(21-22-24)9-19-15(20-16)8-11-6-7-23(10-11)17(18)25/h2-5,9,11H,6-8,10H2,1H3,(H2,18,25)/t11-/m0/s1. The highest BCUT2D eigenvalue weighted by atomic mass is 16.5. The number of urea groups is 1. The summed E-state index contributed by atoms with van der Waals surface area (Å²) >= 11 is 0. The summed E-state index contributed by atoms with van der Waals surface area (Å²) in [7, 11) is 1.63. The van der Waals surface area contributed by atoms with Crippen molar-refractivity contribution in [2.24, 2.45) is 11.7 Å². The van der Waals surface area contributed by atoms with Gasteiger partial charge < -0.3 is 15.4 Å². The van der Waals surface area contributed by atoms with E-state index in [4.69, 9.17) is 10.5 Å². The van der Waals surface area contributed by atoms with E-state index in [1.165, 1.54) is 0 Å². The molecule has 1 saturated heterocycles. The van der Waals surface area contributed by atoms with Gasteiger partial charge in [0.05, 0.1) is 19.0 Å². The van der Waals surface area contributed by atoms with Crippen LogP contribution in [0.5, 0.6) is 5.75 Å². The summed E-state index contributed by atoms with van der Waals surface area (Å²) in [4.78, 5) is 22.0. The van der Waals surface area contributed by atoms with E-state index in [2.05, 4.69) is 20.3 Å². The first-order valence-corrected chi connectivity index (χ1v) is 8.40. The third kappa shape index (κ3) is 3.03. The summed E-state index contributed by atoms with van der Waals surface area (Å²) in [5, 5.41) is 8.32. The van der Waals surface area contributed by atoms with Crippen LogP contribution in [-0.2, 0) is 6.42 Å². The number of primary amides is 1. The zero-order valence-electron chi connectivity index (χ0n) is 14.4. The Morgan fingerprint density at radius 2 is 2.15 bits per heavy atom. The zero-order chi connectivity index (χ0) is 18.1. The van der Waals surface area contributed by atoms with Crippen LogP contribution in [0.15, 0.2) is 30.5 Å². The van der Waals surface area contributed by atoms with Gasteiger partial charge in [0, 0.05) is 19.5 Å². The smallest absolute Gasteiger partial charge is 0.314 e. The van der Waals surface area contributed by atoms with Crippen LogP contribution in [0.1, 0.15) is 12.2 Å². The first kappa shape index (κ1) is 16.2. The number of carbonyl (C=O) groups excluding carboxylic acids is 1. The lowest BCUT2D eigenvalue weighted by Gasteiger charge is -2.12. The molecule has 1 aromatic carbocycles. The molecule has 0 radical (unpaired) electrons. The van der Waals surface area contributed by atoms with Crippen LogP contribution in [0, 0.1) is 5.92 Å². The number of aromatic nitrogens is 5. The summed E-state index contributed by atoms with van der Waals surface area (Å²) in [6.07, 6.45) is 3.28. The number of methoxy groups -OCH3 is 1. The van der Waals surface area contributed by atoms with Gasteiger partial charge in [0.25, 0.3) is 0 Å². The van der Waals surface area contributed by atoms with Gasteiger partial charge in [-0.1, -0.05) is 5.21 Å². The quantitative estimate of drug-likeness (QED) is 0.753. The van der Waals surface area contributed by atoms with Gasteiger partial charge in [0.1, 0.15) is 11.6 Å². The molecule has 0 unspecified atom stereocenters. The van der Waals surface area contributed by atoms with Gasteiger partial charge in [0.15, 0.2) is 11.2 Å². The molecule has 1 aliphatic rings. The minimum atomic E-state index is -0.370. The highest BCUT2D eigenvalue weighted by Gasteiger charge is 2.25. The highest BCUT2D eigenvalue weighted by Crippen LogP contribution is 2.21. The van der Waals surface area contributed by atoms with Crippen LogP contribution in [-0.4, -0.2) is 56.1 Å². The molecule has 3 heterocycles. The highest BCUT2D eigenvalue weighted by molar-refractivity contribution is 5.72. The molecule has 2 amide bonds. The Kier molecular flexibility index (Phi) is 4.11. The molecule has 3 aromatic rings. The second-order valence-corrected chi connectivity index (χ2v) is 6.34. The van der Waals surface area contributed by atoms with Crippen LogP contribution < -0.4 is 10.5 Å². The normalized spacial score (nSPS) is 17.0. The third-order valence-electron chi connectivity index (χ3n) is 4.63. The van der Waals surface area contributed by atoms with Crippen molar-refractivity contribution in [1.82, 2.24) is 29.9 Å². The molecule has 1 atom stereocenters. The lowest BCUT2D eigenvalue weighted by Crippen LogP contribution is -2.33. The maximum atomic E-state index is 11.3. The van der Waals surface area contributed by atoms with E-state index in [1.807, 2.05) is 24.3 Å². The monoisotopic (exact) mass is 353 g/mol. The minimum absolute atomic E-state index is 0.310. The Morgan fingerprint density at radius 1 is 1.35 bits per heavy atom. The van der Waals surface area contributed by atoms with E-state index in [0.29, 0.717) is 42.4 Å². The van der Waals surface area contributed by atoms with Crippen LogP contribution in [0.4, 0.5) is 4.79 Å². The van der Waals surface area contributed by atoms with E-state index >= 15 is 0 Å². The second-order valence-electron chi connectivity index (χ2n) is 6.34. The Morgan fingerprint density at radius 3 is 2.85 bits per heavy atom. The molecule has 26 heavy (non-hydrogen) atoms. The number of nitrogens with two attached hydrogens (primary N) is 1. The Hall–Kier alpha value is -3.23. The van der Waals surface area contributed by atoms with Crippen molar-refractivity contribution >= 4 is 17.2 Å². The number of fused-ring (bicyclic) bond motifs is 1. The Balaban J connectivity index is 1.59. The van der Waals surface area contributed by atoms with Gasteiger partial charge >= 0.3 is 6.03 Å². The summed E-state index contributed by atoms with van der Waals surface area (Å²) in [5.41, 5.74) is 7.48. The average Bonchev–Trinajstić information content (AvgIpc) is 3.29. The van der Waals surface area contributed by atoms with Crippen LogP contribution in [0.3, 0.4) is 0 Å². The number of carbonyl (C=O) groups is 1. The SMILES string of the molecule is COc1ccc(-n2nnc3cnc(C[C@@H]4CCN(C(N)=O)C4)nc32)cc1. The summed E-state index contributed by atoms with van der Waals surface area (Å²) in [6, 6.07) is 7.15. The van der Waals surface area contributed by atoms with Crippen molar-refractivity contribution in [3.8, 4) is 11.4 Å². The predicted molar refractivity (Wildman–Crippen MR) is 94.0 cm³/mol. The molecule has 4 rings (SSSR count). The van der Waals surface area contributed by atoms with Crippen LogP contribution in [0.25, 0.3) is 16.9 Å². The van der Waals surface area contributed by atoms with Gasteiger partial charge in [-0.3, -0.25) is 0 Å². The molecule has 0 saturated carbocycles. The molecular formula is C17H19N7O2. The van der Waals surface area contributed by atoms with E-state index in [0.717, 1.165) is 17.9 Å². The van der Waals surface area contributed by atoms with E-state index in [1.54, 1.807) is 22.9 Å². The van der Waals surface area contributed by atoms with Crippen molar-refractivity contribution < 1.29 is 9.53 Å². The molecule has 9 heteroatoms. The average molecular weight is 353 g/mol. The summed E-state index contributed by atoms with van der Waals surface area (Å²) in [6.45, 7) is 1.33. The van der Waals surface area contributed by atoms with E-state index in [9.17, 15) is 4.79 Å². The summed E-state index contributed by atoms with van der Waals surface area (Å²) < 4.78 is 6.87. The maximum Gasteiger partial charge on any atom is 0.314 e. The second kappa shape index (κ2) is 6.58. The van der Waals surface area contributed by atoms with Gasteiger partial charge in [-0.25, -0.2) is 14.8 Å². The van der Waals surface area contributed by atoms with Crippen molar-refractivity contribution in [2.75, 3.05) is 20.2 Å². The number of amides is 2. The van der Waals surface area contributed by atoms with Gasteiger partial charge in [0.2, 0.25) is 0 Å². The molecular weight excluding hydrogens is 334 g/mol. The molecule has 134 valence electrons. The fourth-order valence-corrected chi connectivity index (χ4v) is 3.22. The third-order valence-corrected chi connectivity index (χ3v) is 4.63. The van der Waals surface area contributed by atoms with Gasteiger partial charge in [-0.15, -0.1) is 5.10 Å². The first-order valence-electron chi connectivity index (χ1n) is 8.40. The van der Waals surface area contributed by atoms with Crippen molar-refractivity contribution in [1.29, 1.82) is 0 Å². The first-order chi connectivity index (χ1) is 12.6. The number of likely N-dealkylation sites (tertiary alicyclic amines) is 1. The molecule has 2 N–H and O–H groups in total. The largest absolute Gasteiger partial charge is 0.497 e. The summed E-state index contributed by atoms with van der Waals surface area (Å²) in [5.74, 6) is 1.80. The number of hydrogen-bond acceptors (Lipinski definition) is 6. The Bertz CT molecular complexity index is 938. The minimum Gasteiger partial charge on any atom is -0.497 e. The zero-order valence-corrected chi connectivity index (χ0v) is 14.4. The van der Waals surface area contributed by atoms with E-state index < -0.39 is 0 Å². The molecule has 9 nitrogen and oxygen atoms in total. The Labute approximate surface area is 149 Å². The number of rotatable bonds is 4. The van der Waals surface area contributed by atoms with Gasteiger partial charge in [-0.05, 0) is 36.6 Å². The molecule has 0 aliphatic carbocycles. The maximum absolute atomic E-state index is 11.3. The molecule has 1 aliphatic heterocycles. The fraction of sp³-hybridized carbons (Fsp3) is 0.353.